The molecule has 2 nitrogen and oxygen atoms in total. The highest BCUT2D eigenvalue weighted by Gasteiger charge is 2.62. The first-order valence-corrected chi connectivity index (χ1v) is 9.18. The van der Waals surface area contributed by atoms with Crippen LogP contribution in [0, 0.1) is 28.1 Å². The van der Waals surface area contributed by atoms with Gasteiger partial charge < -0.3 is 10.2 Å². The van der Waals surface area contributed by atoms with Gasteiger partial charge in [0.2, 0.25) is 0 Å². The lowest BCUT2D eigenvalue weighted by molar-refractivity contribution is -0.210. The number of allylic oxidation sites excluding steroid dienone is 1. The summed E-state index contributed by atoms with van der Waals surface area (Å²) in [6.07, 6.45) is 10.7. The third-order valence-corrected chi connectivity index (χ3v) is 7.98. The van der Waals surface area contributed by atoms with Crippen LogP contribution in [0.2, 0.25) is 0 Å². The maximum atomic E-state index is 11.5. The van der Waals surface area contributed by atoms with E-state index in [4.69, 9.17) is 0 Å². The summed E-state index contributed by atoms with van der Waals surface area (Å²) < 4.78 is 0. The van der Waals surface area contributed by atoms with Crippen LogP contribution in [0.5, 0.6) is 0 Å². The summed E-state index contributed by atoms with van der Waals surface area (Å²) in [5.74, 6) is 0.940. The molecule has 0 spiro atoms. The van der Waals surface area contributed by atoms with Crippen LogP contribution < -0.4 is 0 Å². The normalized spacial score (nSPS) is 55.1. The number of rotatable bonds is 2. The lowest BCUT2D eigenvalue weighted by Gasteiger charge is -2.64. The van der Waals surface area contributed by atoms with E-state index in [1.54, 1.807) is 0 Å². The zero-order chi connectivity index (χ0) is 16.2. The number of aliphatic hydroxyl groups is 2. The van der Waals surface area contributed by atoms with Crippen molar-refractivity contribution in [1.82, 2.24) is 0 Å². The first kappa shape index (κ1) is 16.5. The SMILES string of the molecule is C=C[C@@]1(C)CC[C@H]2[C@](O)(CC[C@H]3[C@](C)(CO)CCC[C@@]32C)C1. The second-order valence-corrected chi connectivity index (χ2v) is 9.49. The van der Waals surface area contributed by atoms with Gasteiger partial charge in [-0.2, -0.15) is 0 Å². The van der Waals surface area contributed by atoms with E-state index >= 15 is 0 Å². The monoisotopic (exact) mass is 306 g/mol. The molecule has 2 N–H and O–H groups in total. The summed E-state index contributed by atoms with van der Waals surface area (Å²) in [5, 5.41) is 21.5. The molecule has 3 aliphatic rings. The van der Waals surface area contributed by atoms with Crippen molar-refractivity contribution < 1.29 is 10.2 Å². The first-order valence-electron chi connectivity index (χ1n) is 9.18. The van der Waals surface area contributed by atoms with Crippen molar-refractivity contribution in [3.63, 3.8) is 0 Å². The summed E-state index contributed by atoms with van der Waals surface area (Å²) >= 11 is 0. The molecule has 0 heterocycles. The van der Waals surface area contributed by atoms with E-state index in [0.717, 1.165) is 38.5 Å². The average molecular weight is 306 g/mol. The Balaban J connectivity index is 1.94. The first-order chi connectivity index (χ1) is 10.2. The second kappa shape index (κ2) is 5.08. The van der Waals surface area contributed by atoms with Crippen LogP contribution in [0.1, 0.15) is 72.1 Å². The fraction of sp³-hybridized carbons (Fsp3) is 0.900. The summed E-state index contributed by atoms with van der Waals surface area (Å²) in [7, 11) is 0. The maximum absolute atomic E-state index is 11.5. The quantitative estimate of drug-likeness (QED) is 0.746. The number of hydrogen-bond donors (Lipinski definition) is 2. The highest BCUT2D eigenvalue weighted by atomic mass is 16.3. The number of aliphatic hydroxyl groups excluding tert-OH is 1. The molecule has 0 aromatic carbocycles. The predicted molar refractivity (Wildman–Crippen MR) is 90.5 cm³/mol. The van der Waals surface area contributed by atoms with Crippen LogP contribution in [-0.2, 0) is 0 Å². The predicted octanol–water partition coefficient (Wildman–Crippen LogP) is 4.31. The van der Waals surface area contributed by atoms with E-state index in [0.29, 0.717) is 18.4 Å². The topological polar surface area (TPSA) is 40.5 Å². The molecule has 0 aliphatic heterocycles. The van der Waals surface area contributed by atoms with Crippen molar-refractivity contribution in [2.75, 3.05) is 6.61 Å². The zero-order valence-corrected chi connectivity index (χ0v) is 14.7. The highest BCUT2D eigenvalue weighted by molar-refractivity contribution is 5.14. The smallest absolute Gasteiger partial charge is 0.0689 e. The minimum atomic E-state index is -0.528. The molecule has 0 aromatic rings. The molecule has 126 valence electrons. The van der Waals surface area contributed by atoms with Crippen LogP contribution in [0.4, 0.5) is 0 Å². The molecule has 0 radical (unpaired) electrons. The molecule has 3 fully saturated rings. The van der Waals surface area contributed by atoms with Crippen molar-refractivity contribution in [3.05, 3.63) is 12.7 Å². The van der Waals surface area contributed by atoms with Gasteiger partial charge in [0.1, 0.15) is 0 Å². The van der Waals surface area contributed by atoms with Gasteiger partial charge in [-0.1, -0.05) is 33.3 Å². The standard InChI is InChI=1S/C20H34O2/c1-5-17(2)11-7-16-19(4)10-6-9-18(3,14-21)15(19)8-12-20(16,22)13-17/h5,15-16,21-22H,1,6-14H2,2-4H3/t15-,16+,17-,18-,19-,20-/m0/s1. The molecule has 2 heteroatoms. The Morgan fingerprint density at radius 2 is 1.73 bits per heavy atom. The molecule has 0 aromatic heterocycles. The Bertz CT molecular complexity index is 461. The highest BCUT2D eigenvalue weighted by Crippen LogP contribution is 2.66. The van der Waals surface area contributed by atoms with E-state index < -0.39 is 5.60 Å². The molecular formula is C20H34O2. The molecule has 0 bridgehead atoms. The van der Waals surface area contributed by atoms with E-state index in [-0.39, 0.29) is 16.2 Å². The molecule has 3 saturated carbocycles. The van der Waals surface area contributed by atoms with Gasteiger partial charge in [-0.05, 0) is 73.0 Å². The molecule has 22 heavy (non-hydrogen) atoms. The Morgan fingerprint density at radius 3 is 2.36 bits per heavy atom. The summed E-state index contributed by atoms with van der Waals surface area (Å²) in [6.45, 7) is 11.2. The van der Waals surface area contributed by atoms with Crippen LogP contribution in [0.3, 0.4) is 0 Å². The maximum Gasteiger partial charge on any atom is 0.0689 e. The Labute approximate surface area is 136 Å². The van der Waals surface area contributed by atoms with Crippen molar-refractivity contribution >= 4 is 0 Å². The summed E-state index contributed by atoms with van der Waals surface area (Å²) in [5.41, 5.74) is -0.206. The largest absolute Gasteiger partial charge is 0.396 e. The average Bonchev–Trinajstić information content (AvgIpc) is 2.46. The Hall–Kier alpha value is -0.340. The zero-order valence-electron chi connectivity index (χ0n) is 14.7. The van der Waals surface area contributed by atoms with Crippen LogP contribution in [0.25, 0.3) is 0 Å². The van der Waals surface area contributed by atoms with Gasteiger partial charge in [0.15, 0.2) is 0 Å². The second-order valence-electron chi connectivity index (χ2n) is 9.49. The molecule has 0 saturated heterocycles. The van der Waals surface area contributed by atoms with Gasteiger partial charge in [0.25, 0.3) is 0 Å². The number of fused-ring (bicyclic) bond motifs is 3. The van der Waals surface area contributed by atoms with Gasteiger partial charge in [-0.25, -0.2) is 0 Å². The van der Waals surface area contributed by atoms with Gasteiger partial charge in [0, 0.05) is 6.61 Å². The van der Waals surface area contributed by atoms with Crippen molar-refractivity contribution in [1.29, 1.82) is 0 Å². The van der Waals surface area contributed by atoms with Gasteiger partial charge in [-0.3, -0.25) is 0 Å². The van der Waals surface area contributed by atoms with Gasteiger partial charge in [-0.15, -0.1) is 6.58 Å². The molecule has 3 aliphatic carbocycles. The third-order valence-electron chi connectivity index (χ3n) is 7.98. The Kier molecular flexibility index (Phi) is 3.81. The lowest BCUT2D eigenvalue weighted by Crippen LogP contribution is -2.62. The third kappa shape index (κ3) is 2.21. The van der Waals surface area contributed by atoms with Gasteiger partial charge in [0.05, 0.1) is 5.60 Å². The van der Waals surface area contributed by atoms with Crippen LogP contribution in [-0.4, -0.2) is 22.4 Å². The summed E-state index contributed by atoms with van der Waals surface area (Å²) in [6, 6.07) is 0. The van der Waals surface area contributed by atoms with Crippen molar-refractivity contribution in [2.45, 2.75) is 77.7 Å². The Morgan fingerprint density at radius 1 is 1.05 bits per heavy atom. The number of hydrogen-bond acceptors (Lipinski definition) is 2. The fourth-order valence-electron chi connectivity index (χ4n) is 6.73. The minimum Gasteiger partial charge on any atom is -0.396 e. The minimum absolute atomic E-state index is 0.0491. The van der Waals surface area contributed by atoms with E-state index in [1.807, 2.05) is 0 Å². The molecule has 3 rings (SSSR count). The molecule has 0 unspecified atom stereocenters. The van der Waals surface area contributed by atoms with Crippen LogP contribution in [0.15, 0.2) is 12.7 Å². The molecule has 6 atom stereocenters. The summed E-state index contributed by atoms with van der Waals surface area (Å²) in [4.78, 5) is 0. The van der Waals surface area contributed by atoms with Crippen molar-refractivity contribution in [3.8, 4) is 0 Å². The molecule has 0 amide bonds. The fourth-order valence-corrected chi connectivity index (χ4v) is 6.73. The lowest BCUT2D eigenvalue weighted by atomic mass is 9.42. The van der Waals surface area contributed by atoms with E-state index in [9.17, 15) is 10.2 Å². The van der Waals surface area contributed by atoms with Crippen molar-refractivity contribution in [2.24, 2.45) is 28.1 Å². The van der Waals surface area contributed by atoms with E-state index in [1.165, 1.54) is 12.8 Å². The van der Waals surface area contributed by atoms with Crippen LogP contribution >= 0.6 is 0 Å². The van der Waals surface area contributed by atoms with Gasteiger partial charge >= 0.3 is 0 Å². The molecular weight excluding hydrogens is 272 g/mol. The van der Waals surface area contributed by atoms with E-state index in [2.05, 4.69) is 33.4 Å².